The molecule has 0 spiro atoms. The van der Waals surface area contributed by atoms with Gasteiger partial charge < -0.3 is 10.1 Å². The van der Waals surface area contributed by atoms with Gasteiger partial charge in [-0.1, -0.05) is 20.8 Å². The lowest BCUT2D eigenvalue weighted by molar-refractivity contribution is -0.146. The Morgan fingerprint density at radius 2 is 1.71 bits per heavy atom. The highest BCUT2D eigenvalue weighted by atomic mass is 16.5. The molecule has 2 aromatic rings. The van der Waals surface area contributed by atoms with Crippen molar-refractivity contribution in [2.24, 2.45) is 16.7 Å². The van der Waals surface area contributed by atoms with Crippen LogP contribution in [0.3, 0.4) is 0 Å². The number of benzene rings is 2. The Labute approximate surface area is 182 Å². The molecule has 2 aliphatic rings. The van der Waals surface area contributed by atoms with Crippen LogP contribution in [0.4, 0.5) is 11.4 Å². The van der Waals surface area contributed by atoms with Crippen LogP contribution in [0.25, 0.3) is 0 Å². The van der Waals surface area contributed by atoms with Gasteiger partial charge in [-0.25, -0.2) is 4.90 Å². The molecule has 0 aromatic heterocycles. The number of fused-ring (bicyclic) bond motifs is 2. The monoisotopic (exact) mass is 420 g/mol. The van der Waals surface area contributed by atoms with Crippen molar-refractivity contribution in [3.63, 3.8) is 0 Å². The Morgan fingerprint density at radius 1 is 1.06 bits per heavy atom. The van der Waals surface area contributed by atoms with Crippen molar-refractivity contribution in [2.45, 2.75) is 40.5 Å². The van der Waals surface area contributed by atoms with Crippen molar-refractivity contribution in [1.82, 2.24) is 0 Å². The predicted octanol–water partition coefficient (Wildman–Crippen LogP) is 4.65. The first kappa shape index (κ1) is 21.1. The van der Waals surface area contributed by atoms with Gasteiger partial charge in [0.25, 0.3) is 5.91 Å². The summed E-state index contributed by atoms with van der Waals surface area (Å²) in [6.45, 7) is 8.50. The van der Waals surface area contributed by atoms with Crippen LogP contribution >= 0.6 is 0 Å². The number of anilines is 2. The summed E-state index contributed by atoms with van der Waals surface area (Å²) in [6.07, 6.45) is 1.45. The number of imide groups is 1. The van der Waals surface area contributed by atoms with E-state index in [2.05, 4.69) is 5.32 Å². The average molecular weight is 421 g/mol. The standard InChI is InChI=1S/C25H28N2O4/c1-5-31-19-12-8-17(9-13-19)26-21(28)16-6-10-18(11-7-16)27-22(29)20-14-15-25(4,23(27)30)24(20,2)3/h6-13,20H,5,14-15H2,1-4H3,(H,26,28). The van der Waals surface area contributed by atoms with E-state index in [1.807, 2.05) is 27.7 Å². The molecule has 6 heteroatoms. The molecule has 1 heterocycles. The second-order valence-electron chi connectivity index (χ2n) is 9.08. The van der Waals surface area contributed by atoms with Crippen LogP contribution in [-0.2, 0) is 9.59 Å². The minimum Gasteiger partial charge on any atom is -0.494 e. The van der Waals surface area contributed by atoms with E-state index in [1.165, 1.54) is 4.90 Å². The first-order valence-electron chi connectivity index (χ1n) is 10.7. The number of carbonyl (C=O) groups excluding carboxylic acids is 3. The Bertz CT molecular complexity index is 1030. The second-order valence-corrected chi connectivity index (χ2v) is 9.08. The molecule has 1 aliphatic carbocycles. The van der Waals surface area contributed by atoms with Gasteiger partial charge >= 0.3 is 0 Å². The number of hydrogen-bond acceptors (Lipinski definition) is 4. The lowest BCUT2D eigenvalue weighted by Gasteiger charge is -2.47. The SMILES string of the molecule is CCOc1ccc(NC(=O)c2ccc(N3C(=O)C4CCC(C)(C3=O)C4(C)C)cc2)cc1. The molecular formula is C25H28N2O4. The van der Waals surface area contributed by atoms with E-state index < -0.39 is 5.41 Å². The summed E-state index contributed by atoms with van der Waals surface area (Å²) in [6, 6.07) is 13.8. The lowest BCUT2D eigenvalue weighted by Crippen LogP contribution is -2.59. The Kier molecular flexibility index (Phi) is 5.12. The Morgan fingerprint density at radius 3 is 2.32 bits per heavy atom. The minimum absolute atomic E-state index is 0.142. The molecule has 31 heavy (non-hydrogen) atoms. The van der Waals surface area contributed by atoms with Crippen LogP contribution in [-0.4, -0.2) is 24.3 Å². The van der Waals surface area contributed by atoms with Gasteiger partial charge in [0.2, 0.25) is 11.8 Å². The van der Waals surface area contributed by atoms with Crippen LogP contribution in [0.15, 0.2) is 48.5 Å². The molecule has 2 bridgehead atoms. The van der Waals surface area contributed by atoms with Crippen molar-refractivity contribution in [3.8, 4) is 5.75 Å². The average Bonchev–Trinajstić information content (AvgIpc) is 2.93. The summed E-state index contributed by atoms with van der Waals surface area (Å²) in [4.78, 5) is 40.3. The predicted molar refractivity (Wildman–Crippen MR) is 119 cm³/mol. The zero-order chi connectivity index (χ0) is 22.4. The summed E-state index contributed by atoms with van der Waals surface area (Å²) in [5.41, 5.74) is 0.709. The van der Waals surface area contributed by atoms with Crippen molar-refractivity contribution in [2.75, 3.05) is 16.8 Å². The molecule has 1 N–H and O–H groups in total. The first-order chi connectivity index (χ1) is 14.7. The van der Waals surface area contributed by atoms with Crippen LogP contribution in [0.5, 0.6) is 5.75 Å². The Balaban J connectivity index is 1.51. The largest absolute Gasteiger partial charge is 0.494 e. The van der Waals surface area contributed by atoms with Crippen LogP contribution in [0, 0.1) is 16.7 Å². The van der Waals surface area contributed by atoms with Gasteiger partial charge in [-0.2, -0.15) is 0 Å². The summed E-state index contributed by atoms with van der Waals surface area (Å²) < 4.78 is 5.41. The number of carbonyl (C=O) groups is 3. The van der Waals surface area contributed by atoms with Gasteiger partial charge in [0.1, 0.15) is 5.75 Å². The third-order valence-electron chi connectivity index (χ3n) is 7.23. The van der Waals surface area contributed by atoms with E-state index in [9.17, 15) is 14.4 Å². The molecule has 2 fully saturated rings. The zero-order valence-corrected chi connectivity index (χ0v) is 18.4. The fourth-order valence-corrected chi connectivity index (χ4v) is 4.83. The molecule has 3 amide bonds. The fourth-order valence-electron chi connectivity index (χ4n) is 4.83. The minimum atomic E-state index is -0.560. The smallest absolute Gasteiger partial charge is 0.255 e. The number of amides is 3. The third-order valence-corrected chi connectivity index (χ3v) is 7.23. The highest BCUT2D eigenvalue weighted by Gasteiger charge is 2.64. The number of ether oxygens (including phenoxy) is 1. The quantitative estimate of drug-likeness (QED) is 0.714. The van der Waals surface area contributed by atoms with E-state index in [0.29, 0.717) is 30.0 Å². The molecule has 1 saturated carbocycles. The molecule has 1 aliphatic heterocycles. The number of nitrogens with one attached hydrogen (secondary N) is 1. The maximum Gasteiger partial charge on any atom is 0.255 e. The van der Waals surface area contributed by atoms with Crippen molar-refractivity contribution in [3.05, 3.63) is 54.1 Å². The van der Waals surface area contributed by atoms with Crippen LogP contribution in [0.2, 0.25) is 0 Å². The molecule has 4 rings (SSSR count). The highest BCUT2D eigenvalue weighted by molar-refractivity contribution is 6.20. The number of hydrogen-bond donors (Lipinski definition) is 1. The van der Waals surface area contributed by atoms with E-state index in [0.717, 1.165) is 12.2 Å². The van der Waals surface area contributed by atoms with E-state index >= 15 is 0 Å². The molecule has 6 nitrogen and oxygen atoms in total. The van der Waals surface area contributed by atoms with Crippen molar-refractivity contribution in [1.29, 1.82) is 0 Å². The lowest BCUT2D eigenvalue weighted by atomic mass is 9.62. The summed E-state index contributed by atoms with van der Waals surface area (Å²) in [5, 5.41) is 2.84. The van der Waals surface area contributed by atoms with Crippen LogP contribution < -0.4 is 15.0 Å². The molecule has 0 radical (unpaired) electrons. The summed E-state index contributed by atoms with van der Waals surface area (Å²) in [5.74, 6) is 0.0176. The Hall–Kier alpha value is -3.15. The summed E-state index contributed by atoms with van der Waals surface area (Å²) in [7, 11) is 0. The molecule has 1 saturated heterocycles. The number of nitrogens with zero attached hydrogens (tertiary/aromatic N) is 1. The molecule has 162 valence electrons. The van der Waals surface area contributed by atoms with Gasteiger partial charge in [-0.3, -0.25) is 14.4 Å². The number of piperidine rings is 1. The topological polar surface area (TPSA) is 75.7 Å². The van der Waals surface area contributed by atoms with Gasteiger partial charge in [-0.15, -0.1) is 0 Å². The van der Waals surface area contributed by atoms with Crippen molar-refractivity contribution >= 4 is 29.1 Å². The van der Waals surface area contributed by atoms with E-state index in [-0.39, 0.29) is 29.1 Å². The third kappa shape index (κ3) is 3.30. The maximum absolute atomic E-state index is 13.3. The van der Waals surface area contributed by atoms with E-state index in [4.69, 9.17) is 4.74 Å². The number of rotatable bonds is 5. The normalized spacial score (nSPS) is 24.3. The van der Waals surface area contributed by atoms with E-state index in [1.54, 1.807) is 48.5 Å². The second kappa shape index (κ2) is 7.52. The van der Waals surface area contributed by atoms with Gasteiger partial charge in [0.05, 0.1) is 17.7 Å². The molecule has 2 atom stereocenters. The van der Waals surface area contributed by atoms with Gasteiger partial charge in [-0.05, 0) is 73.7 Å². The zero-order valence-electron chi connectivity index (χ0n) is 18.4. The summed E-state index contributed by atoms with van der Waals surface area (Å²) >= 11 is 0. The fraction of sp³-hybridized carbons (Fsp3) is 0.400. The molecular weight excluding hydrogens is 392 g/mol. The van der Waals surface area contributed by atoms with Gasteiger partial charge in [0, 0.05) is 17.2 Å². The van der Waals surface area contributed by atoms with Crippen molar-refractivity contribution < 1.29 is 19.1 Å². The first-order valence-corrected chi connectivity index (χ1v) is 10.7. The van der Waals surface area contributed by atoms with Crippen LogP contribution in [0.1, 0.15) is 50.9 Å². The van der Waals surface area contributed by atoms with Gasteiger partial charge in [0.15, 0.2) is 0 Å². The molecule has 2 aromatic carbocycles. The maximum atomic E-state index is 13.3. The highest BCUT2D eigenvalue weighted by Crippen LogP contribution is 2.60. The molecule has 2 unspecified atom stereocenters.